The lowest BCUT2D eigenvalue weighted by Gasteiger charge is -2.18. The van der Waals surface area contributed by atoms with Crippen LogP contribution in [0.15, 0.2) is 42.5 Å². The molecule has 0 saturated carbocycles. The van der Waals surface area contributed by atoms with Crippen molar-refractivity contribution >= 4 is 23.5 Å². The summed E-state index contributed by atoms with van der Waals surface area (Å²) in [7, 11) is 1.71. The van der Waals surface area contributed by atoms with E-state index in [1.165, 1.54) is 0 Å². The third-order valence-electron chi connectivity index (χ3n) is 3.47. The van der Waals surface area contributed by atoms with Crippen molar-refractivity contribution in [3.05, 3.63) is 64.2 Å². The molecule has 5 nitrogen and oxygen atoms in total. The Labute approximate surface area is 145 Å². The van der Waals surface area contributed by atoms with Crippen molar-refractivity contribution in [2.45, 2.75) is 13.5 Å². The van der Waals surface area contributed by atoms with Gasteiger partial charge in [-0.05, 0) is 42.3 Å². The molecule has 0 aliphatic rings. The molecule has 0 spiro atoms. The number of rotatable bonds is 6. The van der Waals surface area contributed by atoms with Gasteiger partial charge in [-0.2, -0.15) is 0 Å². The highest BCUT2D eigenvalue weighted by molar-refractivity contribution is 6.31. The van der Waals surface area contributed by atoms with Crippen LogP contribution in [0, 0.1) is 6.92 Å². The average Bonchev–Trinajstić information content (AvgIpc) is 2.56. The number of carboxylic acid groups (broad SMARTS) is 1. The molecule has 0 fully saturated rings. The lowest BCUT2D eigenvalue weighted by Crippen LogP contribution is -2.26. The Bertz CT molecular complexity index is 743. The van der Waals surface area contributed by atoms with Gasteiger partial charge in [-0.1, -0.05) is 29.8 Å². The number of amides is 1. The summed E-state index contributed by atoms with van der Waals surface area (Å²) in [5.74, 6) is -0.676. The van der Waals surface area contributed by atoms with E-state index in [9.17, 15) is 9.59 Å². The molecule has 2 aromatic carbocycles. The van der Waals surface area contributed by atoms with Gasteiger partial charge in [-0.25, -0.2) is 4.79 Å². The van der Waals surface area contributed by atoms with Crippen molar-refractivity contribution in [2.24, 2.45) is 0 Å². The van der Waals surface area contributed by atoms with Crippen LogP contribution in [-0.2, 0) is 11.3 Å². The predicted octanol–water partition coefficient (Wildman–Crippen LogP) is 3.38. The van der Waals surface area contributed by atoms with Crippen molar-refractivity contribution in [3.8, 4) is 5.75 Å². The van der Waals surface area contributed by atoms with Crippen LogP contribution in [0.4, 0.5) is 0 Å². The molecule has 0 unspecified atom stereocenters. The van der Waals surface area contributed by atoms with E-state index in [0.29, 0.717) is 22.9 Å². The highest BCUT2D eigenvalue weighted by atomic mass is 35.5. The maximum Gasteiger partial charge on any atom is 0.341 e. The van der Waals surface area contributed by atoms with Gasteiger partial charge in [0.15, 0.2) is 6.61 Å². The fourth-order valence-electron chi connectivity index (χ4n) is 2.13. The van der Waals surface area contributed by atoms with E-state index in [2.05, 4.69) is 0 Å². The van der Waals surface area contributed by atoms with Gasteiger partial charge in [-0.3, -0.25) is 4.79 Å². The highest BCUT2D eigenvalue weighted by Crippen LogP contribution is 2.19. The molecule has 0 atom stereocenters. The van der Waals surface area contributed by atoms with E-state index in [0.717, 1.165) is 11.1 Å². The second kappa shape index (κ2) is 7.84. The molecular formula is C18H18ClNO4. The second-order valence-electron chi connectivity index (χ2n) is 5.45. The maximum atomic E-state index is 12.4. The van der Waals surface area contributed by atoms with Crippen LogP contribution in [0.1, 0.15) is 21.5 Å². The quantitative estimate of drug-likeness (QED) is 0.869. The number of hydrogen-bond acceptors (Lipinski definition) is 3. The molecular weight excluding hydrogens is 330 g/mol. The molecule has 0 saturated heterocycles. The van der Waals surface area contributed by atoms with Gasteiger partial charge < -0.3 is 14.7 Å². The molecule has 126 valence electrons. The fourth-order valence-corrected chi connectivity index (χ4v) is 2.31. The number of benzene rings is 2. The third-order valence-corrected chi connectivity index (χ3v) is 3.88. The van der Waals surface area contributed by atoms with E-state index in [1.807, 2.05) is 13.0 Å². The summed E-state index contributed by atoms with van der Waals surface area (Å²) < 4.78 is 5.07. The minimum atomic E-state index is -1.03. The van der Waals surface area contributed by atoms with Crippen molar-refractivity contribution in [1.82, 2.24) is 4.90 Å². The standard InChI is InChI=1S/C18H18ClNO4/c1-12-3-6-14(9-16(12)19)18(23)20(2)10-13-4-7-15(8-5-13)24-11-17(21)22/h3-9H,10-11H2,1-2H3,(H,21,22). The van der Waals surface area contributed by atoms with Crippen LogP contribution in [0.3, 0.4) is 0 Å². The van der Waals surface area contributed by atoms with Gasteiger partial charge in [0.25, 0.3) is 5.91 Å². The van der Waals surface area contributed by atoms with E-state index in [1.54, 1.807) is 48.3 Å². The Kier molecular flexibility index (Phi) is 5.82. The van der Waals surface area contributed by atoms with Gasteiger partial charge in [-0.15, -0.1) is 0 Å². The largest absolute Gasteiger partial charge is 0.482 e. The molecule has 0 heterocycles. The van der Waals surface area contributed by atoms with E-state index in [-0.39, 0.29) is 12.5 Å². The number of nitrogens with zero attached hydrogens (tertiary/aromatic N) is 1. The second-order valence-corrected chi connectivity index (χ2v) is 5.86. The minimum absolute atomic E-state index is 0.122. The minimum Gasteiger partial charge on any atom is -0.482 e. The normalized spacial score (nSPS) is 10.3. The first-order valence-electron chi connectivity index (χ1n) is 7.32. The monoisotopic (exact) mass is 347 g/mol. The van der Waals surface area contributed by atoms with Crippen molar-refractivity contribution < 1.29 is 19.4 Å². The Balaban J connectivity index is 2.00. The lowest BCUT2D eigenvalue weighted by molar-refractivity contribution is -0.139. The summed E-state index contributed by atoms with van der Waals surface area (Å²) in [6.07, 6.45) is 0. The first kappa shape index (κ1) is 17.8. The van der Waals surface area contributed by atoms with Gasteiger partial charge in [0.05, 0.1) is 0 Å². The molecule has 0 aliphatic carbocycles. The van der Waals surface area contributed by atoms with Crippen LogP contribution in [0.5, 0.6) is 5.75 Å². The SMILES string of the molecule is Cc1ccc(C(=O)N(C)Cc2ccc(OCC(=O)O)cc2)cc1Cl. The number of hydrogen-bond donors (Lipinski definition) is 1. The van der Waals surface area contributed by atoms with E-state index < -0.39 is 5.97 Å². The summed E-state index contributed by atoms with van der Waals surface area (Å²) in [4.78, 5) is 24.5. The number of carbonyl (C=O) groups excluding carboxylic acids is 1. The lowest BCUT2D eigenvalue weighted by atomic mass is 10.1. The number of ether oxygens (including phenoxy) is 1. The van der Waals surface area contributed by atoms with Gasteiger partial charge in [0, 0.05) is 24.2 Å². The third kappa shape index (κ3) is 4.73. The predicted molar refractivity (Wildman–Crippen MR) is 91.6 cm³/mol. The Morgan fingerprint density at radius 1 is 1.17 bits per heavy atom. The van der Waals surface area contributed by atoms with Crippen LogP contribution in [0.2, 0.25) is 5.02 Å². The summed E-state index contributed by atoms with van der Waals surface area (Å²) in [5, 5.41) is 9.14. The number of carbonyl (C=O) groups is 2. The number of aliphatic carboxylic acids is 1. The first-order chi connectivity index (χ1) is 11.4. The molecule has 2 aromatic rings. The van der Waals surface area contributed by atoms with E-state index in [4.69, 9.17) is 21.4 Å². The molecule has 24 heavy (non-hydrogen) atoms. The van der Waals surface area contributed by atoms with Crippen molar-refractivity contribution in [1.29, 1.82) is 0 Å². The Hall–Kier alpha value is -2.53. The number of halogens is 1. The Morgan fingerprint density at radius 3 is 2.42 bits per heavy atom. The van der Waals surface area contributed by atoms with Crippen molar-refractivity contribution in [2.75, 3.05) is 13.7 Å². The van der Waals surface area contributed by atoms with Crippen LogP contribution in [-0.4, -0.2) is 35.5 Å². The zero-order chi connectivity index (χ0) is 17.7. The van der Waals surface area contributed by atoms with Gasteiger partial charge >= 0.3 is 5.97 Å². The molecule has 2 rings (SSSR count). The first-order valence-corrected chi connectivity index (χ1v) is 7.70. The van der Waals surface area contributed by atoms with Gasteiger partial charge in [0.2, 0.25) is 0 Å². The summed E-state index contributed by atoms with van der Waals surface area (Å²) in [6, 6.07) is 12.2. The number of carboxylic acids is 1. The maximum absolute atomic E-state index is 12.4. The average molecular weight is 348 g/mol. The topological polar surface area (TPSA) is 66.8 Å². The zero-order valence-corrected chi connectivity index (χ0v) is 14.2. The Morgan fingerprint density at radius 2 is 1.83 bits per heavy atom. The smallest absolute Gasteiger partial charge is 0.341 e. The summed E-state index contributed by atoms with van der Waals surface area (Å²) in [5.41, 5.74) is 2.37. The van der Waals surface area contributed by atoms with Crippen LogP contribution >= 0.6 is 11.6 Å². The highest BCUT2D eigenvalue weighted by Gasteiger charge is 2.13. The molecule has 1 amide bonds. The van der Waals surface area contributed by atoms with Crippen LogP contribution < -0.4 is 4.74 Å². The molecule has 0 radical (unpaired) electrons. The van der Waals surface area contributed by atoms with E-state index >= 15 is 0 Å². The molecule has 0 aromatic heterocycles. The molecule has 6 heteroatoms. The fraction of sp³-hybridized carbons (Fsp3) is 0.222. The van der Waals surface area contributed by atoms with Gasteiger partial charge in [0.1, 0.15) is 5.75 Å². The number of aryl methyl sites for hydroxylation is 1. The zero-order valence-electron chi connectivity index (χ0n) is 13.5. The van der Waals surface area contributed by atoms with Crippen LogP contribution in [0.25, 0.3) is 0 Å². The molecule has 0 bridgehead atoms. The summed E-state index contributed by atoms with van der Waals surface area (Å²) >= 11 is 6.07. The molecule has 0 aliphatic heterocycles. The molecule has 1 N–H and O–H groups in total. The van der Waals surface area contributed by atoms with Crippen molar-refractivity contribution in [3.63, 3.8) is 0 Å². The summed E-state index contributed by atoms with van der Waals surface area (Å²) in [6.45, 7) is 1.92.